The summed E-state index contributed by atoms with van der Waals surface area (Å²) < 4.78 is 5.29. The Bertz CT molecular complexity index is 321. The molecule has 0 aromatic rings. The highest BCUT2D eigenvalue weighted by Gasteiger charge is 2.42. The van der Waals surface area contributed by atoms with Gasteiger partial charge in [0.25, 0.3) is 0 Å². The smallest absolute Gasteiger partial charge is 0.410 e. The summed E-state index contributed by atoms with van der Waals surface area (Å²) in [7, 11) is 0. The molecule has 1 saturated heterocycles. The second-order valence-electron chi connectivity index (χ2n) is 5.80. The van der Waals surface area contributed by atoms with Crippen molar-refractivity contribution in [1.29, 1.82) is 0 Å². The molecule has 1 aliphatic heterocycles. The number of carbonyl (C=O) groups excluding carboxylic acids is 1. The highest BCUT2D eigenvalue weighted by molar-refractivity contribution is 5.73. The zero-order valence-electron chi connectivity index (χ0n) is 10.9. The van der Waals surface area contributed by atoms with Gasteiger partial charge in [0.15, 0.2) is 0 Å². The van der Waals surface area contributed by atoms with E-state index in [0.29, 0.717) is 13.0 Å². The maximum atomic E-state index is 12.0. The lowest BCUT2D eigenvalue weighted by atomic mass is 9.95. The Balaban J connectivity index is 2.75. The largest absolute Gasteiger partial charge is 0.481 e. The predicted octanol–water partition coefficient (Wildman–Crippen LogP) is 2.25. The van der Waals surface area contributed by atoms with Crippen LogP contribution < -0.4 is 0 Å². The van der Waals surface area contributed by atoms with Crippen molar-refractivity contribution in [2.75, 3.05) is 6.54 Å². The minimum atomic E-state index is -0.886. The molecule has 1 amide bonds. The summed E-state index contributed by atoms with van der Waals surface area (Å²) in [5.41, 5.74) is -1.17. The molecule has 1 heterocycles. The summed E-state index contributed by atoms with van der Waals surface area (Å²) in [4.78, 5) is 24.4. The molecule has 0 saturated carbocycles. The average Bonchev–Trinajstić information content (AvgIpc) is 2.41. The van der Waals surface area contributed by atoms with Gasteiger partial charge in [-0.05, 0) is 40.5 Å². The first-order chi connectivity index (χ1) is 7.64. The molecule has 5 heteroatoms. The number of likely N-dealkylation sites (tertiary alicyclic amines) is 1. The molecule has 0 bridgehead atoms. The molecule has 0 aromatic heterocycles. The average molecular weight is 243 g/mol. The van der Waals surface area contributed by atoms with Crippen molar-refractivity contribution >= 4 is 12.1 Å². The van der Waals surface area contributed by atoms with E-state index in [2.05, 4.69) is 0 Å². The van der Waals surface area contributed by atoms with Gasteiger partial charge < -0.3 is 14.7 Å². The molecular formula is C12H21NO4. The highest BCUT2D eigenvalue weighted by atomic mass is 16.6. The van der Waals surface area contributed by atoms with Crippen LogP contribution in [0.1, 0.15) is 47.0 Å². The second kappa shape index (κ2) is 4.55. The minimum absolute atomic E-state index is 0.0355. The maximum Gasteiger partial charge on any atom is 0.410 e. The van der Waals surface area contributed by atoms with Gasteiger partial charge in [0.05, 0.1) is 12.0 Å². The van der Waals surface area contributed by atoms with Crippen LogP contribution in [0.5, 0.6) is 0 Å². The summed E-state index contributed by atoms with van der Waals surface area (Å²) in [5.74, 6) is -0.886. The number of carbonyl (C=O) groups is 2. The normalized spacial score (nSPS) is 24.8. The summed E-state index contributed by atoms with van der Waals surface area (Å²) >= 11 is 0. The van der Waals surface area contributed by atoms with Crippen LogP contribution in [0.2, 0.25) is 0 Å². The first-order valence-corrected chi connectivity index (χ1v) is 5.86. The van der Waals surface area contributed by atoms with Crippen LogP contribution in [-0.2, 0) is 9.53 Å². The van der Waals surface area contributed by atoms with E-state index in [-0.39, 0.29) is 6.42 Å². The van der Waals surface area contributed by atoms with Gasteiger partial charge in [0, 0.05) is 6.54 Å². The molecule has 98 valence electrons. The van der Waals surface area contributed by atoms with E-state index in [1.807, 2.05) is 0 Å². The molecule has 17 heavy (non-hydrogen) atoms. The number of rotatable bonds is 2. The quantitative estimate of drug-likeness (QED) is 0.807. The van der Waals surface area contributed by atoms with Gasteiger partial charge in [-0.1, -0.05) is 0 Å². The second-order valence-corrected chi connectivity index (χ2v) is 5.80. The molecule has 0 spiro atoms. The number of amides is 1. The lowest BCUT2D eigenvalue weighted by Gasteiger charge is -2.35. The number of carboxylic acid groups (broad SMARTS) is 1. The fraction of sp³-hybridized carbons (Fsp3) is 0.833. The third-order valence-electron chi connectivity index (χ3n) is 2.89. The van der Waals surface area contributed by atoms with Crippen LogP contribution >= 0.6 is 0 Å². The Morgan fingerprint density at radius 2 is 2.00 bits per heavy atom. The Morgan fingerprint density at radius 3 is 2.47 bits per heavy atom. The standard InChI is InChI=1S/C12H21NO4/c1-11(2,3)17-10(16)13-7-5-6-12(13,4)8-9(14)15/h5-8H2,1-4H3,(H,14,15)/t12-/m1/s1. The Kier molecular flexibility index (Phi) is 3.69. The van der Waals surface area contributed by atoms with Gasteiger partial charge in [0.1, 0.15) is 5.60 Å². The Morgan fingerprint density at radius 1 is 1.41 bits per heavy atom. The van der Waals surface area contributed by atoms with Crippen molar-refractivity contribution in [3.63, 3.8) is 0 Å². The first kappa shape index (κ1) is 13.8. The third kappa shape index (κ3) is 3.61. The molecule has 1 N–H and O–H groups in total. The molecule has 5 nitrogen and oxygen atoms in total. The van der Waals surface area contributed by atoms with Crippen LogP contribution in [0.4, 0.5) is 4.79 Å². The molecule has 0 aromatic carbocycles. The number of aliphatic carboxylic acids is 1. The van der Waals surface area contributed by atoms with Gasteiger partial charge in [-0.25, -0.2) is 4.79 Å². The topological polar surface area (TPSA) is 66.8 Å². The number of ether oxygens (including phenoxy) is 1. The van der Waals surface area contributed by atoms with E-state index >= 15 is 0 Å². The number of nitrogens with zero attached hydrogens (tertiary/aromatic N) is 1. The summed E-state index contributed by atoms with van der Waals surface area (Å²) in [6.45, 7) is 7.78. The summed E-state index contributed by atoms with van der Waals surface area (Å²) in [5, 5.41) is 8.89. The molecular weight excluding hydrogens is 222 g/mol. The van der Waals surface area contributed by atoms with E-state index in [9.17, 15) is 9.59 Å². The maximum absolute atomic E-state index is 12.0. The van der Waals surface area contributed by atoms with Crippen molar-refractivity contribution < 1.29 is 19.4 Å². The summed E-state index contributed by atoms with van der Waals surface area (Å²) in [6.07, 6.45) is 1.08. The SMILES string of the molecule is CC(C)(C)OC(=O)N1CCC[C@]1(C)CC(=O)O. The van der Waals surface area contributed by atoms with E-state index in [1.165, 1.54) is 0 Å². The number of hydrogen-bond donors (Lipinski definition) is 1. The van der Waals surface area contributed by atoms with E-state index in [0.717, 1.165) is 6.42 Å². The molecule has 0 radical (unpaired) electrons. The molecule has 0 unspecified atom stereocenters. The number of hydrogen-bond acceptors (Lipinski definition) is 3. The molecule has 1 aliphatic rings. The zero-order valence-corrected chi connectivity index (χ0v) is 10.9. The van der Waals surface area contributed by atoms with Crippen molar-refractivity contribution in [1.82, 2.24) is 4.90 Å². The highest BCUT2D eigenvalue weighted by Crippen LogP contribution is 2.33. The fourth-order valence-corrected chi connectivity index (χ4v) is 2.16. The van der Waals surface area contributed by atoms with E-state index in [4.69, 9.17) is 9.84 Å². The molecule has 0 aliphatic carbocycles. The molecule has 1 rings (SSSR count). The molecule has 1 fully saturated rings. The third-order valence-corrected chi connectivity index (χ3v) is 2.89. The van der Waals surface area contributed by atoms with Crippen molar-refractivity contribution in [2.24, 2.45) is 0 Å². The van der Waals surface area contributed by atoms with Crippen molar-refractivity contribution in [2.45, 2.75) is 58.1 Å². The van der Waals surface area contributed by atoms with Gasteiger partial charge in [-0.15, -0.1) is 0 Å². The van der Waals surface area contributed by atoms with E-state index < -0.39 is 23.2 Å². The van der Waals surface area contributed by atoms with Gasteiger partial charge in [-0.2, -0.15) is 0 Å². The number of carboxylic acids is 1. The van der Waals surface area contributed by atoms with Crippen LogP contribution in [0.15, 0.2) is 0 Å². The van der Waals surface area contributed by atoms with Gasteiger partial charge in [-0.3, -0.25) is 4.79 Å². The monoisotopic (exact) mass is 243 g/mol. The first-order valence-electron chi connectivity index (χ1n) is 5.86. The van der Waals surface area contributed by atoms with Crippen LogP contribution in [-0.4, -0.2) is 39.8 Å². The van der Waals surface area contributed by atoms with Crippen molar-refractivity contribution in [3.8, 4) is 0 Å². The van der Waals surface area contributed by atoms with Gasteiger partial charge in [0.2, 0.25) is 0 Å². The fourth-order valence-electron chi connectivity index (χ4n) is 2.16. The Hall–Kier alpha value is -1.26. The van der Waals surface area contributed by atoms with Crippen LogP contribution in [0.25, 0.3) is 0 Å². The zero-order chi connectivity index (χ0) is 13.3. The predicted molar refractivity (Wildman–Crippen MR) is 62.8 cm³/mol. The van der Waals surface area contributed by atoms with Crippen molar-refractivity contribution in [3.05, 3.63) is 0 Å². The van der Waals surface area contributed by atoms with Crippen LogP contribution in [0.3, 0.4) is 0 Å². The van der Waals surface area contributed by atoms with E-state index in [1.54, 1.807) is 32.6 Å². The van der Waals surface area contributed by atoms with Crippen LogP contribution in [0, 0.1) is 0 Å². The lowest BCUT2D eigenvalue weighted by molar-refractivity contribution is -0.139. The minimum Gasteiger partial charge on any atom is -0.481 e. The molecule has 1 atom stereocenters. The summed E-state index contributed by atoms with van der Waals surface area (Å²) in [6, 6.07) is 0. The van der Waals surface area contributed by atoms with Gasteiger partial charge >= 0.3 is 12.1 Å². The lowest BCUT2D eigenvalue weighted by Crippen LogP contribution is -2.48. The Labute approximate surface area is 102 Å².